The van der Waals surface area contributed by atoms with E-state index in [2.05, 4.69) is 30.2 Å². The highest BCUT2D eigenvalue weighted by atomic mass is 16.5. The monoisotopic (exact) mass is 496 g/mol. The summed E-state index contributed by atoms with van der Waals surface area (Å²) in [6.07, 6.45) is 8.63. The molecule has 6 rings (SSSR count). The van der Waals surface area contributed by atoms with Gasteiger partial charge in [-0.15, -0.1) is 0 Å². The summed E-state index contributed by atoms with van der Waals surface area (Å²) in [5.41, 5.74) is 3.59. The molecule has 10 nitrogen and oxygen atoms in total. The minimum absolute atomic E-state index is 0.0633. The lowest BCUT2D eigenvalue weighted by Crippen LogP contribution is -2.37. The first-order chi connectivity index (χ1) is 18.1. The summed E-state index contributed by atoms with van der Waals surface area (Å²) < 4.78 is 6.41. The zero-order valence-electron chi connectivity index (χ0n) is 20.6. The van der Waals surface area contributed by atoms with Crippen LogP contribution in [0.2, 0.25) is 0 Å². The third-order valence-electron chi connectivity index (χ3n) is 7.06. The molecule has 1 atom stereocenters. The molecule has 0 aliphatic carbocycles. The van der Waals surface area contributed by atoms with Crippen molar-refractivity contribution >= 4 is 39.4 Å². The molecular weight excluding hydrogens is 468 g/mol. The highest BCUT2D eigenvalue weighted by molar-refractivity contribution is 6.12. The van der Waals surface area contributed by atoms with Gasteiger partial charge in [0.05, 0.1) is 24.6 Å². The number of benzene rings is 2. The number of H-pyrrole nitrogens is 1. The van der Waals surface area contributed by atoms with Crippen LogP contribution in [0.3, 0.4) is 0 Å². The smallest absolute Gasteiger partial charge is 0.255 e. The molecule has 2 aliphatic rings. The van der Waals surface area contributed by atoms with Gasteiger partial charge in [0.1, 0.15) is 24.2 Å². The Morgan fingerprint density at radius 3 is 3.08 bits per heavy atom. The molecule has 2 aliphatic heterocycles. The summed E-state index contributed by atoms with van der Waals surface area (Å²) in [7, 11) is 1.78. The SMILES string of the molecule is CN/C=C\C(=N)CN1Cc2ccc(OC[C@H]3CCCN3c3ncnc4[nH]cnc34)c3cccc(c23)C1=O. The Morgan fingerprint density at radius 2 is 2.19 bits per heavy atom. The summed E-state index contributed by atoms with van der Waals surface area (Å²) in [6, 6.07) is 9.98. The van der Waals surface area contributed by atoms with Crippen LogP contribution in [0.15, 0.2) is 55.3 Å². The van der Waals surface area contributed by atoms with Gasteiger partial charge in [0.2, 0.25) is 0 Å². The lowest BCUT2D eigenvalue weighted by atomic mass is 9.94. The normalized spacial score (nSPS) is 17.3. The summed E-state index contributed by atoms with van der Waals surface area (Å²) in [4.78, 5) is 33.5. The molecular formula is C27H28N8O2. The van der Waals surface area contributed by atoms with E-state index in [4.69, 9.17) is 10.1 Å². The Labute approximate surface area is 213 Å². The fraction of sp³-hybridized carbons (Fsp3) is 0.296. The average molecular weight is 497 g/mol. The van der Waals surface area contributed by atoms with Gasteiger partial charge in [0, 0.05) is 36.5 Å². The van der Waals surface area contributed by atoms with E-state index in [1.165, 1.54) is 0 Å². The number of imidazole rings is 1. The number of aromatic amines is 1. The fourth-order valence-corrected chi connectivity index (χ4v) is 5.34. The van der Waals surface area contributed by atoms with Gasteiger partial charge in [-0.25, -0.2) is 15.0 Å². The number of nitrogens with zero attached hydrogens (tertiary/aromatic N) is 5. The standard InChI is InChI=1S/C27H28N8O2/c1-29-10-9-18(28)13-34-12-17-7-8-22(20-5-2-6-21(23(17)20)27(34)36)37-14-19-4-3-11-35(19)26-24-25(31-15-30-24)32-16-33-26/h2,5-10,15-16,19,28-29H,3-4,11-14H2,1H3,(H,30,31,32,33)/b10-9-,28-18?/t19-/m1/s1. The minimum atomic E-state index is -0.0633. The highest BCUT2D eigenvalue weighted by Crippen LogP contribution is 2.36. The number of nitrogens with one attached hydrogen (secondary N) is 3. The van der Waals surface area contributed by atoms with E-state index in [1.54, 1.807) is 36.9 Å². The van der Waals surface area contributed by atoms with Crippen molar-refractivity contribution in [1.82, 2.24) is 30.2 Å². The molecule has 1 amide bonds. The Balaban J connectivity index is 1.24. The molecule has 0 radical (unpaired) electrons. The van der Waals surface area contributed by atoms with Crippen molar-refractivity contribution in [2.45, 2.75) is 25.4 Å². The molecule has 37 heavy (non-hydrogen) atoms. The Kier molecular flexibility index (Phi) is 5.91. The molecule has 2 aromatic heterocycles. The maximum atomic E-state index is 13.3. The minimum Gasteiger partial charge on any atom is -0.491 e. The zero-order chi connectivity index (χ0) is 25.4. The molecule has 4 heterocycles. The number of hydrogen-bond donors (Lipinski definition) is 3. The molecule has 4 aromatic rings. The molecule has 0 spiro atoms. The molecule has 0 unspecified atom stereocenters. The lowest BCUT2D eigenvalue weighted by Gasteiger charge is -2.30. The van der Waals surface area contributed by atoms with Gasteiger partial charge in [0.15, 0.2) is 11.5 Å². The van der Waals surface area contributed by atoms with Crippen molar-refractivity contribution in [2.75, 3.05) is 31.6 Å². The second kappa shape index (κ2) is 9.53. The topological polar surface area (TPSA) is 123 Å². The van der Waals surface area contributed by atoms with Crippen molar-refractivity contribution < 1.29 is 9.53 Å². The van der Waals surface area contributed by atoms with Gasteiger partial charge in [-0.05, 0) is 42.8 Å². The molecule has 1 fully saturated rings. The summed E-state index contributed by atoms with van der Waals surface area (Å²) in [6.45, 7) is 2.12. The largest absolute Gasteiger partial charge is 0.491 e. The number of anilines is 1. The second-order valence-corrected chi connectivity index (χ2v) is 9.36. The third kappa shape index (κ3) is 4.14. The molecule has 2 aromatic carbocycles. The Hall–Kier alpha value is -4.47. The summed E-state index contributed by atoms with van der Waals surface area (Å²) in [5, 5.41) is 12.9. The van der Waals surface area contributed by atoms with Crippen LogP contribution >= 0.6 is 0 Å². The first-order valence-corrected chi connectivity index (χ1v) is 12.4. The zero-order valence-corrected chi connectivity index (χ0v) is 20.6. The third-order valence-corrected chi connectivity index (χ3v) is 7.06. The van der Waals surface area contributed by atoms with Crippen molar-refractivity contribution in [3.8, 4) is 5.75 Å². The Morgan fingerprint density at radius 1 is 1.27 bits per heavy atom. The van der Waals surface area contributed by atoms with Crippen LogP contribution in [0.5, 0.6) is 5.75 Å². The van der Waals surface area contributed by atoms with Crippen LogP contribution in [0.4, 0.5) is 5.82 Å². The average Bonchev–Trinajstić information content (AvgIpc) is 3.59. The van der Waals surface area contributed by atoms with Gasteiger partial charge in [0.25, 0.3) is 5.91 Å². The van der Waals surface area contributed by atoms with Gasteiger partial charge in [-0.1, -0.05) is 18.2 Å². The van der Waals surface area contributed by atoms with Gasteiger partial charge in [-0.2, -0.15) is 0 Å². The lowest BCUT2D eigenvalue weighted by molar-refractivity contribution is 0.0764. The maximum Gasteiger partial charge on any atom is 0.255 e. The van der Waals surface area contributed by atoms with Crippen molar-refractivity contribution in [3.63, 3.8) is 0 Å². The van der Waals surface area contributed by atoms with E-state index in [0.717, 1.165) is 58.5 Å². The quantitative estimate of drug-likeness (QED) is 0.320. The number of rotatable bonds is 8. The van der Waals surface area contributed by atoms with E-state index in [-0.39, 0.29) is 18.5 Å². The number of amides is 1. The van der Waals surface area contributed by atoms with Gasteiger partial charge < -0.3 is 30.2 Å². The van der Waals surface area contributed by atoms with Crippen LogP contribution in [0.1, 0.15) is 28.8 Å². The number of carbonyl (C=O) groups excluding carboxylic acids is 1. The number of aromatic nitrogens is 4. The molecule has 188 valence electrons. The summed E-state index contributed by atoms with van der Waals surface area (Å²) >= 11 is 0. The molecule has 3 N–H and O–H groups in total. The van der Waals surface area contributed by atoms with E-state index in [9.17, 15) is 4.79 Å². The van der Waals surface area contributed by atoms with Crippen molar-refractivity contribution in [3.05, 3.63) is 66.4 Å². The van der Waals surface area contributed by atoms with Gasteiger partial charge >= 0.3 is 0 Å². The van der Waals surface area contributed by atoms with E-state index in [1.807, 2.05) is 30.3 Å². The summed E-state index contributed by atoms with van der Waals surface area (Å²) in [5.74, 6) is 1.53. The van der Waals surface area contributed by atoms with Gasteiger partial charge in [-0.3, -0.25) is 4.79 Å². The van der Waals surface area contributed by atoms with E-state index in [0.29, 0.717) is 24.4 Å². The second-order valence-electron chi connectivity index (χ2n) is 9.36. The Bertz CT molecular complexity index is 1530. The maximum absolute atomic E-state index is 13.3. The van der Waals surface area contributed by atoms with Crippen LogP contribution in [-0.2, 0) is 6.54 Å². The first-order valence-electron chi connectivity index (χ1n) is 12.4. The number of hydrogen-bond acceptors (Lipinski definition) is 8. The van der Waals surface area contributed by atoms with E-state index >= 15 is 0 Å². The van der Waals surface area contributed by atoms with Crippen LogP contribution in [-0.4, -0.2) is 69.2 Å². The molecule has 1 saturated heterocycles. The molecule has 10 heteroatoms. The van der Waals surface area contributed by atoms with Crippen molar-refractivity contribution in [1.29, 1.82) is 5.41 Å². The number of ether oxygens (including phenoxy) is 1. The predicted octanol–water partition coefficient (Wildman–Crippen LogP) is 3.26. The van der Waals surface area contributed by atoms with Crippen molar-refractivity contribution in [2.24, 2.45) is 0 Å². The van der Waals surface area contributed by atoms with Crippen LogP contribution < -0.4 is 15.0 Å². The number of fused-ring (bicyclic) bond motifs is 1. The van der Waals surface area contributed by atoms with Crippen LogP contribution in [0, 0.1) is 5.41 Å². The molecule has 0 saturated carbocycles. The highest BCUT2D eigenvalue weighted by Gasteiger charge is 2.30. The predicted molar refractivity (Wildman–Crippen MR) is 142 cm³/mol. The van der Waals surface area contributed by atoms with Crippen LogP contribution in [0.25, 0.3) is 21.9 Å². The molecule has 0 bridgehead atoms. The van der Waals surface area contributed by atoms with E-state index < -0.39 is 0 Å². The fourth-order valence-electron chi connectivity index (χ4n) is 5.34. The first kappa shape index (κ1) is 23.0. The number of carbonyl (C=O) groups is 1.